The summed E-state index contributed by atoms with van der Waals surface area (Å²) in [6.45, 7) is 23.5. The third kappa shape index (κ3) is 11.2. The van der Waals surface area contributed by atoms with Crippen molar-refractivity contribution >= 4 is 34.4 Å². The first kappa shape index (κ1) is 34.5. The van der Waals surface area contributed by atoms with Crippen LogP contribution < -0.4 is 16.4 Å². The summed E-state index contributed by atoms with van der Waals surface area (Å²) in [4.78, 5) is 37.4. The van der Waals surface area contributed by atoms with Gasteiger partial charge in [-0.05, 0) is 42.7 Å². The second-order valence-electron chi connectivity index (χ2n) is 12.2. The Morgan fingerprint density at radius 2 is 1.33 bits per heavy atom. The van der Waals surface area contributed by atoms with E-state index in [2.05, 4.69) is 78.4 Å². The summed E-state index contributed by atoms with van der Waals surface area (Å²) in [5.74, 6) is -1.14. The van der Waals surface area contributed by atoms with E-state index in [1.807, 2.05) is 13.0 Å². The molecular weight excluding hydrogens is 492 g/mol. The van der Waals surface area contributed by atoms with Gasteiger partial charge in [0.25, 0.3) is 0 Å². The first-order chi connectivity index (χ1) is 16.2. The predicted molar refractivity (Wildman–Crippen MR) is 151 cm³/mol. The van der Waals surface area contributed by atoms with Gasteiger partial charge in [0.2, 0.25) is 17.7 Å². The van der Waals surface area contributed by atoms with Gasteiger partial charge >= 0.3 is 0 Å². The molecule has 0 saturated carbocycles. The van der Waals surface area contributed by atoms with E-state index in [1.54, 1.807) is 11.9 Å². The van der Waals surface area contributed by atoms with E-state index in [-0.39, 0.29) is 35.6 Å². The Bertz CT molecular complexity index is 758. The van der Waals surface area contributed by atoms with E-state index in [9.17, 15) is 14.4 Å². The third-order valence-corrected chi connectivity index (χ3v) is 16.2. The third-order valence-electron chi connectivity index (χ3n) is 7.25. The standard InChI is InChI=1S/C25H52N4O5Si2/c1-13-19(29(8)22(32)18-28-21(31)17-27-20(30)16-26)14-15-23(33-35(9,10)24(2,3)4)34-36(11,12)25(5,6)7/h14,23H,13,15-18,26H2,1-12H3,(H,27,30)(H,28,31)/b19-14+. The highest BCUT2D eigenvalue weighted by molar-refractivity contribution is 6.75. The number of allylic oxidation sites excluding steroid dienone is 1. The molecule has 0 spiro atoms. The zero-order valence-corrected chi connectivity index (χ0v) is 26.8. The summed E-state index contributed by atoms with van der Waals surface area (Å²) in [6, 6.07) is 0. The van der Waals surface area contributed by atoms with Crippen molar-refractivity contribution < 1.29 is 23.2 Å². The van der Waals surface area contributed by atoms with Gasteiger partial charge < -0.3 is 30.1 Å². The van der Waals surface area contributed by atoms with Gasteiger partial charge in [-0.15, -0.1) is 0 Å². The molecule has 0 aliphatic heterocycles. The van der Waals surface area contributed by atoms with E-state index < -0.39 is 34.7 Å². The molecular formula is C25H52N4O5Si2. The lowest BCUT2D eigenvalue weighted by Gasteiger charge is -2.44. The van der Waals surface area contributed by atoms with Crippen LogP contribution in [0.2, 0.25) is 36.3 Å². The summed E-state index contributed by atoms with van der Waals surface area (Å²) in [7, 11) is -2.51. The molecule has 0 fully saturated rings. The van der Waals surface area contributed by atoms with Crippen molar-refractivity contribution in [2.24, 2.45) is 5.73 Å². The Morgan fingerprint density at radius 1 is 0.889 bits per heavy atom. The molecule has 0 unspecified atom stereocenters. The molecule has 0 aromatic carbocycles. The molecule has 0 rings (SSSR count). The van der Waals surface area contributed by atoms with Crippen LogP contribution in [0.15, 0.2) is 11.8 Å². The van der Waals surface area contributed by atoms with Crippen molar-refractivity contribution in [3.05, 3.63) is 11.8 Å². The number of likely N-dealkylation sites (N-methyl/N-ethyl adjacent to an activating group) is 1. The molecule has 9 nitrogen and oxygen atoms in total. The molecule has 3 amide bonds. The molecule has 210 valence electrons. The monoisotopic (exact) mass is 544 g/mol. The number of hydrogen-bond donors (Lipinski definition) is 3. The van der Waals surface area contributed by atoms with Crippen molar-refractivity contribution in [3.63, 3.8) is 0 Å². The molecule has 0 aromatic heterocycles. The average Bonchev–Trinajstić information content (AvgIpc) is 2.73. The zero-order chi connectivity index (χ0) is 28.5. The Kier molecular flexibility index (Phi) is 13.3. The maximum Gasteiger partial charge on any atom is 0.245 e. The molecule has 0 atom stereocenters. The molecule has 0 bridgehead atoms. The molecule has 0 aromatic rings. The summed E-state index contributed by atoms with van der Waals surface area (Å²) in [6.07, 6.45) is 2.77. The normalized spacial score (nSPS) is 13.6. The number of nitrogens with zero attached hydrogens (tertiary/aromatic N) is 1. The number of amides is 3. The smallest absolute Gasteiger partial charge is 0.245 e. The molecule has 0 aliphatic carbocycles. The number of hydrogen-bond acceptors (Lipinski definition) is 6. The van der Waals surface area contributed by atoms with Crippen LogP contribution in [0.3, 0.4) is 0 Å². The topological polar surface area (TPSA) is 123 Å². The molecule has 36 heavy (non-hydrogen) atoms. The van der Waals surface area contributed by atoms with Crippen LogP contribution in [0.5, 0.6) is 0 Å². The van der Waals surface area contributed by atoms with Crippen molar-refractivity contribution in [3.8, 4) is 0 Å². The fourth-order valence-electron chi connectivity index (χ4n) is 2.65. The minimum atomic E-state index is -2.10. The number of carbonyl (C=O) groups is 3. The van der Waals surface area contributed by atoms with E-state index >= 15 is 0 Å². The Hall–Kier alpha value is -1.54. The van der Waals surface area contributed by atoms with Crippen LogP contribution >= 0.6 is 0 Å². The van der Waals surface area contributed by atoms with Gasteiger partial charge in [-0.25, -0.2) is 0 Å². The van der Waals surface area contributed by atoms with E-state index in [4.69, 9.17) is 14.6 Å². The summed E-state index contributed by atoms with van der Waals surface area (Å²) >= 11 is 0. The summed E-state index contributed by atoms with van der Waals surface area (Å²) in [5, 5.41) is 4.98. The van der Waals surface area contributed by atoms with Gasteiger partial charge in [0.05, 0.1) is 19.6 Å². The van der Waals surface area contributed by atoms with Crippen molar-refractivity contribution in [1.29, 1.82) is 0 Å². The van der Waals surface area contributed by atoms with Gasteiger partial charge in [0, 0.05) is 19.2 Å². The van der Waals surface area contributed by atoms with Crippen LogP contribution in [0.1, 0.15) is 61.3 Å². The average molecular weight is 545 g/mol. The van der Waals surface area contributed by atoms with E-state index in [0.29, 0.717) is 12.8 Å². The Balaban J connectivity index is 5.52. The van der Waals surface area contributed by atoms with E-state index in [0.717, 1.165) is 5.70 Å². The molecule has 0 heterocycles. The highest BCUT2D eigenvalue weighted by Crippen LogP contribution is 2.41. The number of nitrogens with two attached hydrogens (primary N) is 1. The van der Waals surface area contributed by atoms with Crippen molar-refractivity contribution in [2.45, 2.75) is 104 Å². The Labute approximate surface area is 221 Å². The maximum atomic E-state index is 12.7. The van der Waals surface area contributed by atoms with Crippen molar-refractivity contribution in [1.82, 2.24) is 15.5 Å². The zero-order valence-electron chi connectivity index (χ0n) is 24.8. The van der Waals surface area contributed by atoms with Crippen LogP contribution in [0.25, 0.3) is 0 Å². The van der Waals surface area contributed by atoms with Crippen LogP contribution in [-0.2, 0) is 23.2 Å². The number of nitrogens with one attached hydrogen (secondary N) is 2. The van der Waals surface area contributed by atoms with Gasteiger partial charge in [0.15, 0.2) is 16.6 Å². The largest absolute Gasteiger partial charge is 0.393 e. The second kappa shape index (κ2) is 13.8. The fourth-order valence-corrected chi connectivity index (χ4v) is 5.05. The maximum absolute atomic E-state index is 12.7. The predicted octanol–water partition coefficient (Wildman–Crippen LogP) is 3.69. The quantitative estimate of drug-likeness (QED) is 0.240. The fraction of sp³-hybridized carbons (Fsp3) is 0.800. The molecule has 4 N–H and O–H groups in total. The highest BCUT2D eigenvalue weighted by atomic mass is 28.4. The van der Waals surface area contributed by atoms with Gasteiger partial charge in [0.1, 0.15) is 6.29 Å². The highest BCUT2D eigenvalue weighted by Gasteiger charge is 2.43. The lowest BCUT2D eigenvalue weighted by atomic mass is 10.2. The molecule has 0 aliphatic rings. The number of carbonyl (C=O) groups excluding carboxylic acids is 3. The van der Waals surface area contributed by atoms with Gasteiger partial charge in [-0.1, -0.05) is 54.5 Å². The van der Waals surface area contributed by atoms with Crippen LogP contribution in [-0.4, -0.2) is 72.2 Å². The number of rotatable bonds is 13. The minimum absolute atomic E-state index is 0.0356. The van der Waals surface area contributed by atoms with Gasteiger partial charge in [-0.2, -0.15) is 0 Å². The lowest BCUT2D eigenvalue weighted by molar-refractivity contribution is -0.130. The van der Waals surface area contributed by atoms with Crippen LogP contribution in [0.4, 0.5) is 0 Å². The van der Waals surface area contributed by atoms with Gasteiger partial charge in [-0.3, -0.25) is 14.4 Å². The van der Waals surface area contributed by atoms with Crippen LogP contribution in [0, 0.1) is 0 Å². The molecule has 11 heteroatoms. The summed E-state index contributed by atoms with van der Waals surface area (Å²) < 4.78 is 13.4. The second-order valence-corrected chi connectivity index (χ2v) is 21.7. The summed E-state index contributed by atoms with van der Waals surface area (Å²) in [5.41, 5.74) is 6.03. The lowest BCUT2D eigenvalue weighted by Crippen LogP contribution is -2.50. The Morgan fingerprint density at radius 3 is 1.72 bits per heavy atom. The van der Waals surface area contributed by atoms with E-state index in [1.165, 1.54) is 0 Å². The SMILES string of the molecule is CC/C(=C\CC(O[Si](C)(C)C(C)(C)C)O[Si](C)(C)C(C)(C)C)N(C)C(=O)CNC(=O)CNC(=O)CN. The molecule has 0 saturated heterocycles. The first-order valence-electron chi connectivity index (χ1n) is 12.7. The molecule has 0 radical (unpaired) electrons. The first-order valence-corrected chi connectivity index (χ1v) is 18.5. The van der Waals surface area contributed by atoms with Crippen molar-refractivity contribution in [2.75, 3.05) is 26.7 Å². The minimum Gasteiger partial charge on any atom is -0.393 e.